The van der Waals surface area contributed by atoms with Gasteiger partial charge < -0.3 is 30.0 Å². The first-order chi connectivity index (χ1) is 15.9. The number of carbonyl (C=O) groups is 3. The summed E-state index contributed by atoms with van der Waals surface area (Å²) >= 11 is 0. The van der Waals surface area contributed by atoms with E-state index in [1.807, 2.05) is 18.2 Å². The maximum absolute atomic E-state index is 13.4. The Balaban J connectivity index is 1.52. The molecule has 33 heavy (non-hydrogen) atoms. The number of fused-ring (bicyclic) bond motifs is 1. The lowest BCUT2D eigenvalue weighted by Crippen LogP contribution is -2.49. The summed E-state index contributed by atoms with van der Waals surface area (Å²) in [7, 11) is 3.10. The largest absolute Gasteiger partial charge is 0.496 e. The van der Waals surface area contributed by atoms with E-state index in [1.54, 1.807) is 13.2 Å². The van der Waals surface area contributed by atoms with Gasteiger partial charge in [-0.2, -0.15) is 5.26 Å². The highest BCUT2D eigenvalue weighted by atomic mass is 16.5. The molecule has 4 rings (SSSR count). The molecule has 3 heterocycles. The van der Waals surface area contributed by atoms with Crippen molar-refractivity contribution in [1.82, 2.24) is 20.5 Å². The van der Waals surface area contributed by atoms with Gasteiger partial charge in [-0.05, 0) is 31.0 Å². The van der Waals surface area contributed by atoms with Crippen LogP contribution in [0.25, 0.3) is 10.9 Å². The number of nitrogens with zero attached hydrogens (tertiary/aromatic N) is 2. The lowest BCUT2D eigenvalue weighted by atomic mass is 9.99. The lowest BCUT2D eigenvalue weighted by Gasteiger charge is -2.24. The van der Waals surface area contributed by atoms with Gasteiger partial charge in [0.2, 0.25) is 11.8 Å². The Hall–Kier alpha value is -3.58. The van der Waals surface area contributed by atoms with E-state index >= 15 is 0 Å². The summed E-state index contributed by atoms with van der Waals surface area (Å²) in [6.07, 6.45) is 0.894. The van der Waals surface area contributed by atoms with E-state index in [-0.39, 0.29) is 36.8 Å². The molecule has 0 spiro atoms. The van der Waals surface area contributed by atoms with Crippen molar-refractivity contribution in [2.45, 2.75) is 37.5 Å². The molecule has 10 heteroatoms. The highest BCUT2D eigenvalue weighted by Gasteiger charge is 2.41. The van der Waals surface area contributed by atoms with E-state index in [0.29, 0.717) is 30.8 Å². The zero-order chi connectivity index (χ0) is 23.5. The van der Waals surface area contributed by atoms with E-state index in [4.69, 9.17) is 9.47 Å². The van der Waals surface area contributed by atoms with Gasteiger partial charge in [0, 0.05) is 43.4 Å². The number of amides is 3. The molecule has 0 radical (unpaired) electrons. The highest BCUT2D eigenvalue weighted by molar-refractivity contribution is 6.01. The van der Waals surface area contributed by atoms with Crippen molar-refractivity contribution in [2.75, 3.05) is 27.3 Å². The van der Waals surface area contributed by atoms with Crippen LogP contribution in [0.4, 0.5) is 0 Å². The van der Waals surface area contributed by atoms with Gasteiger partial charge in [0.15, 0.2) is 0 Å². The van der Waals surface area contributed by atoms with Crippen LogP contribution in [-0.2, 0) is 14.3 Å². The molecule has 174 valence electrons. The Morgan fingerprint density at radius 2 is 2.18 bits per heavy atom. The molecule has 0 bridgehead atoms. The minimum absolute atomic E-state index is 0.101. The quantitative estimate of drug-likeness (QED) is 0.571. The van der Waals surface area contributed by atoms with Gasteiger partial charge in [-0.15, -0.1) is 0 Å². The molecule has 0 unspecified atom stereocenters. The summed E-state index contributed by atoms with van der Waals surface area (Å²) in [5.74, 6) is -0.528. The second kappa shape index (κ2) is 9.50. The van der Waals surface area contributed by atoms with E-state index < -0.39 is 18.0 Å². The summed E-state index contributed by atoms with van der Waals surface area (Å²) in [6, 6.07) is 7.65. The van der Waals surface area contributed by atoms with E-state index in [1.165, 1.54) is 12.0 Å². The van der Waals surface area contributed by atoms with Crippen molar-refractivity contribution in [3.05, 3.63) is 30.0 Å². The smallest absolute Gasteiger partial charge is 0.271 e. The number of nitriles is 1. The van der Waals surface area contributed by atoms with E-state index in [2.05, 4.69) is 21.7 Å². The standard InChI is InChI=1S/C23H27N5O5/c1-32-15-9-19(22(30)26-14(11-24)8-13-6-7-25-21(13)29)28(12-15)23(31)18-10-16-17(27-18)4-3-5-20(16)33-2/h3-5,10,13-15,19,27H,6-9,12H2,1-2H3,(H,25,29)(H,26,30)/t13-,14-,15+,19-/m0/s1. The minimum atomic E-state index is -0.817. The number of hydrogen-bond acceptors (Lipinski definition) is 6. The van der Waals surface area contributed by atoms with Crippen LogP contribution in [0.3, 0.4) is 0 Å². The summed E-state index contributed by atoms with van der Waals surface area (Å²) in [4.78, 5) is 42.9. The molecule has 1 aromatic heterocycles. The number of aromatic amines is 1. The Labute approximate surface area is 191 Å². The summed E-state index contributed by atoms with van der Waals surface area (Å²) in [5, 5.41) is 15.8. The van der Waals surface area contributed by atoms with Gasteiger partial charge in [0.1, 0.15) is 23.5 Å². The molecule has 3 amide bonds. The van der Waals surface area contributed by atoms with Crippen LogP contribution in [0, 0.1) is 17.2 Å². The minimum Gasteiger partial charge on any atom is -0.496 e. The SMILES string of the molecule is COc1cccc2[nH]c(C(=O)N3C[C@H](OC)C[C@H]3C(=O)N[C@H](C#N)C[C@@H]3CCNC3=O)cc12. The number of nitrogens with one attached hydrogen (secondary N) is 3. The molecule has 4 atom stereocenters. The maximum Gasteiger partial charge on any atom is 0.271 e. The fourth-order valence-electron chi connectivity index (χ4n) is 4.58. The number of benzene rings is 1. The average molecular weight is 453 g/mol. The Kier molecular flexibility index (Phi) is 6.51. The third-order valence-corrected chi connectivity index (χ3v) is 6.39. The zero-order valence-electron chi connectivity index (χ0n) is 18.6. The summed E-state index contributed by atoms with van der Waals surface area (Å²) in [5.41, 5.74) is 1.09. The van der Waals surface area contributed by atoms with Crippen LogP contribution in [0.1, 0.15) is 29.8 Å². The Morgan fingerprint density at radius 1 is 1.36 bits per heavy atom. The van der Waals surface area contributed by atoms with Gasteiger partial charge in [-0.3, -0.25) is 14.4 Å². The Morgan fingerprint density at radius 3 is 2.85 bits per heavy atom. The molecule has 0 aliphatic carbocycles. The van der Waals surface area contributed by atoms with E-state index in [0.717, 1.165) is 10.9 Å². The molecule has 2 aromatic rings. The number of carbonyl (C=O) groups excluding carboxylic acids is 3. The number of hydrogen-bond donors (Lipinski definition) is 3. The van der Waals surface area contributed by atoms with Crippen LogP contribution in [0.15, 0.2) is 24.3 Å². The third kappa shape index (κ3) is 4.50. The molecule has 2 aliphatic rings. The van der Waals surface area contributed by atoms with Crippen molar-refractivity contribution in [3.8, 4) is 11.8 Å². The van der Waals surface area contributed by atoms with Gasteiger partial charge in [0.05, 0.1) is 19.3 Å². The zero-order valence-corrected chi connectivity index (χ0v) is 18.6. The first-order valence-corrected chi connectivity index (χ1v) is 10.9. The normalized spacial score (nSPS) is 23.2. The first kappa shape index (κ1) is 22.6. The number of likely N-dealkylation sites (tertiary alicyclic amines) is 1. The fourth-order valence-corrected chi connectivity index (χ4v) is 4.58. The number of ether oxygens (including phenoxy) is 2. The number of aromatic nitrogens is 1. The van der Waals surface area contributed by atoms with Crippen LogP contribution in [0.2, 0.25) is 0 Å². The van der Waals surface area contributed by atoms with Gasteiger partial charge >= 0.3 is 0 Å². The van der Waals surface area contributed by atoms with Crippen molar-refractivity contribution in [2.24, 2.45) is 5.92 Å². The lowest BCUT2D eigenvalue weighted by molar-refractivity contribution is -0.126. The predicted octanol–water partition coefficient (Wildman–Crippen LogP) is 0.941. The molecule has 2 saturated heterocycles. The van der Waals surface area contributed by atoms with Crippen LogP contribution in [-0.4, -0.2) is 73.1 Å². The van der Waals surface area contributed by atoms with E-state index in [9.17, 15) is 19.6 Å². The van der Waals surface area contributed by atoms with Gasteiger partial charge in [-0.1, -0.05) is 6.07 Å². The molecule has 10 nitrogen and oxygen atoms in total. The number of rotatable bonds is 7. The topological polar surface area (TPSA) is 137 Å². The molecule has 2 fully saturated rings. The van der Waals surface area contributed by atoms with Crippen molar-refractivity contribution >= 4 is 28.6 Å². The van der Waals surface area contributed by atoms with Crippen LogP contribution in [0.5, 0.6) is 5.75 Å². The fraction of sp³-hybridized carbons (Fsp3) is 0.478. The van der Waals surface area contributed by atoms with Crippen molar-refractivity contribution in [1.29, 1.82) is 5.26 Å². The second-order valence-corrected chi connectivity index (χ2v) is 8.37. The molecular formula is C23H27N5O5. The first-order valence-electron chi connectivity index (χ1n) is 10.9. The number of H-pyrrole nitrogens is 1. The van der Waals surface area contributed by atoms with Gasteiger partial charge in [-0.25, -0.2) is 0 Å². The maximum atomic E-state index is 13.4. The molecule has 0 saturated carbocycles. The number of methoxy groups -OCH3 is 2. The van der Waals surface area contributed by atoms with Gasteiger partial charge in [0.25, 0.3) is 5.91 Å². The predicted molar refractivity (Wildman–Crippen MR) is 118 cm³/mol. The Bertz CT molecular complexity index is 1110. The third-order valence-electron chi connectivity index (χ3n) is 6.39. The summed E-state index contributed by atoms with van der Waals surface area (Å²) < 4.78 is 10.8. The second-order valence-electron chi connectivity index (χ2n) is 8.37. The van der Waals surface area contributed by atoms with Crippen LogP contribution >= 0.6 is 0 Å². The average Bonchev–Trinajstić information content (AvgIpc) is 3.55. The van der Waals surface area contributed by atoms with Crippen LogP contribution < -0.4 is 15.4 Å². The molecular weight excluding hydrogens is 426 g/mol. The molecule has 2 aliphatic heterocycles. The molecule has 3 N–H and O–H groups in total. The van der Waals surface area contributed by atoms with Crippen molar-refractivity contribution < 1.29 is 23.9 Å². The monoisotopic (exact) mass is 453 g/mol. The molecule has 1 aromatic carbocycles. The van der Waals surface area contributed by atoms with Crippen molar-refractivity contribution in [3.63, 3.8) is 0 Å². The summed E-state index contributed by atoms with van der Waals surface area (Å²) in [6.45, 7) is 0.827. The highest BCUT2D eigenvalue weighted by Crippen LogP contribution is 2.29.